The number of aromatic nitrogens is 2. The molecule has 0 saturated carbocycles. The number of rotatable bonds is 16. The summed E-state index contributed by atoms with van der Waals surface area (Å²) in [6.07, 6.45) is -0.194. The summed E-state index contributed by atoms with van der Waals surface area (Å²) in [6, 6.07) is -5.76. The minimum Gasteiger partial charge on any atom is -0.481 e. The van der Waals surface area contributed by atoms with E-state index in [0.717, 1.165) is 6.92 Å². The highest BCUT2D eigenvalue weighted by Gasteiger charge is 2.32. The molecule has 0 aromatic carbocycles. The van der Waals surface area contributed by atoms with Crippen molar-refractivity contribution in [2.45, 2.75) is 69.3 Å². The number of hydrogen-bond acceptors (Lipinski definition) is 9. The molecule has 36 heavy (non-hydrogen) atoms. The van der Waals surface area contributed by atoms with E-state index in [9.17, 15) is 33.9 Å². The molecule has 0 radical (unpaired) electrons. The zero-order valence-corrected chi connectivity index (χ0v) is 19.5. The summed E-state index contributed by atoms with van der Waals surface area (Å²) in [4.78, 5) is 78.2. The first-order valence-electron chi connectivity index (χ1n) is 10.9. The van der Waals surface area contributed by atoms with Gasteiger partial charge >= 0.3 is 11.9 Å². The highest BCUT2D eigenvalue weighted by atomic mass is 16.4. The van der Waals surface area contributed by atoms with Gasteiger partial charge in [-0.05, 0) is 19.8 Å². The molecule has 0 fully saturated rings. The molecule has 16 heteroatoms. The number of carboxylic acid groups (broad SMARTS) is 2. The topological polar surface area (TPSA) is 280 Å². The molecule has 16 nitrogen and oxygen atoms in total. The largest absolute Gasteiger partial charge is 0.481 e. The van der Waals surface area contributed by atoms with Crippen LogP contribution in [0.15, 0.2) is 12.5 Å². The van der Waals surface area contributed by atoms with Gasteiger partial charge in [0, 0.05) is 31.2 Å². The number of hydrogen-bond donors (Lipinski definition) is 9. The Morgan fingerprint density at radius 1 is 0.972 bits per heavy atom. The maximum absolute atomic E-state index is 12.9. The second-order valence-electron chi connectivity index (χ2n) is 8.01. The molecule has 0 spiro atoms. The van der Waals surface area contributed by atoms with Crippen molar-refractivity contribution in [1.82, 2.24) is 25.9 Å². The minimum absolute atomic E-state index is 0.0511. The zero-order chi connectivity index (χ0) is 27.4. The highest BCUT2D eigenvalue weighted by Crippen LogP contribution is 2.05. The number of nitrogens with two attached hydrogens (primary N) is 2. The summed E-state index contributed by atoms with van der Waals surface area (Å²) < 4.78 is 0. The second kappa shape index (κ2) is 14.4. The molecule has 0 aliphatic carbocycles. The third-order valence-corrected chi connectivity index (χ3v) is 4.97. The first-order chi connectivity index (χ1) is 16.8. The lowest BCUT2D eigenvalue weighted by atomic mass is 10.1. The number of nitrogens with one attached hydrogen (secondary N) is 4. The van der Waals surface area contributed by atoms with Crippen LogP contribution in [0.1, 0.15) is 38.3 Å². The Bertz CT molecular complexity index is 936. The van der Waals surface area contributed by atoms with Crippen molar-refractivity contribution < 1.29 is 44.1 Å². The van der Waals surface area contributed by atoms with Crippen molar-refractivity contribution in [3.05, 3.63) is 18.2 Å². The summed E-state index contributed by atoms with van der Waals surface area (Å²) in [6.45, 7) is 1.12. The van der Waals surface area contributed by atoms with Crippen LogP contribution in [0.25, 0.3) is 0 Å². The van der Waals surface area contributed by atoms with Crippen molar-refractivity contribution in [2.75, 3.05) is 0 Å². The summed E-state index contributed by atoms with van der Waals surface area (Å²) in [7, 11) is 0. The number of amides is 4. The summed E-state index contributed by atoms with van der Waals surface area (Å²) in [5.41, 5.74) is 11.5. The fourth-order valence-corrected chi connectivity index (χ4v) is 3.01. The van der Waals surface area contributed by atoms with Gasteiger partial charge in [-0.2, -0.15) is 0 Å². The third kappa shape index (κ3) is 10.5. The van der Waals surface area contributed by atoms with Gasteiger partial charge in [-0.3, -0.25) is 24.0 Å². The summed E-state index contributed by atoms with van der Waals surface area (Å²) in [5, 5.41) is 34.4. The van der Waals surface area contributed by atoms with Gasteiger partial charge in [0.25, 0.3) is 0 Å². The lowest BCUT2D eigenvalue weighted by molar-refractivity contribution is -0.145. The van der Waals surface area contributed by atoms with Gasteiger partial charge in [0.1, 0.15) is 12.1 Å². The summed E-state index contributed by atoms with van der Waals surface area (Å²) >= 11 is 0. The molecule has 200 valence electrons. The van der Waals surface area contributed by atoms with Crippen LogP contribution in [0.2, 0.25) is 0 Å². The number of aliphatic hydroxyl groups is 1. The number of primary amides is 1. The molecule has 0 saturated heterocycles. The number of H-pyrrole nitrogens is 1. The van der Waals surface area contributed by atoms with Crippen LogP contribution < -0.4 is 27.4 Å². The van der Waals surface area contributed by atoms with E-state index in [1.165, 1.54) is 12.5 Å². The van der Waals surface area contributed by atoms with Gasteiger partial charge in [-0.1, -0.05) is 0 Å². The number of carboxylic acids is 2. The van der Waals surface area contributed by atoms with Crippen LogP contribution in [0.4, 0.5) is 0 Å². The minimum atomic E-state index is -1.73. The molecule has 0 bridgehead atoms. The van der Waals surface area contributed by atoms with E-state index in [-0.39, 0.29) is 19.3 Å². The maximum atomic E-state index is 12.9. The molecule has 5 unspecified atom stereocenters. The summed E-state index contributed by atoms with van der Waals surface area (Å²) in [5.74, 6) is -6.43. The van der Waals surface area contributed by atoms with E-state index < -0.39 is 78.7 Å². The Hall–Kier alpha value is -4.05. The molecule has 1 aromatic heterocycles. The van der Waals surface area contributed by atoms with Crippen LogP contribution in [0.5, 0.6) is 0 Å². The molecule has 5 atom stereocenters. The normalized spacial score (nSPS) is 15.0. The molecule has 11 N–H and O–H groups in total. The zero-order valence-electron chi connectivity index (χ0n) is 19.5. The molecule has 4 amide bonds. The van der Waals surface area contributed by atoms with Crippen molar-refractivity contribution >= 4 is 35.6 Å². The molecule has 0 aliphatic rings. The van der Waals surface area contributed by atoms with Gasteiger partial charge < -0.3 is 47.7 Å². The molecular weight excluding hydrogens is 482 g/mol. The number of aliphatic carboxylic acids is 2. The highest BCUT2D eigenvalue weighted by molar-refractivity contribution is 5.94. The molecule has 0 aliphatic heterocycles. The van der Waals surface area contributed by atoms with Crippen LogP contribution in [0, 0.1) is 0 Å². The van der Waals surface area contributed by atoms with Crippen LogP contribution in [-0.2, 0) is 35.2 Å². The van der Waals surface area contributed by atoms with Crippen LogP contribution in [-0.4, -0.2) is 91.1 Å². The molecular formula is C20H31N7O9. The maximum Gasteiger partial charge on any atom is 0.328 e. The first kappa shape index (κ1) is 30.0. The van der Waals surface area contributed by atoms with Gasteiger partial charge in [0.2, 0.25) is 23.6 Å². The number of aromatic amines is 1. The SMILES string of the molecule is CC(O)C(NC(=O)C(CCC(=O)O)NC(=O)C(CCC(N)=O)NC(=O)C(N)Cc1cnc[nH]1)C(=O)O. The number of carbonyl (C=O) groups is 6. The first-order valence-corrected chi connectivity index (χ1v) is 10.9. The second-order valence-corrected chi connectivity index (χ2v) is 8.01. The van der Waals surface area contributed by atoms with Crippen LogP contribution in [0.3, 0.4) is 0 Å². The quantitative estimate of drug-likeness (QED) is 0.104. The number of imidazole rings is 1. The fourth-order valence-electron chi connectivity index (χ4n) is 3.01. The number of aliphatic hydroxyl groups excluding tert-OH is 1. The van der Waals surface area contributed by atoms with E-state index in [2.05, 4.69) is 20.6 Å². The lowest BCUT2D eigenvalue weighted by Crippen LogP contribution is -2.58. The number of nitrogens with zero attached hydrogens (tertiary/aromatic N) is 1. The van der Waals surface area contributed by atoms with E-state index in [1.807, 2.05) is 5.32 Å². The molecule has 1 aromatic rings. The molecule has 1 rings (SSSR count). The average molecular weight is 514 g/mol. The van der Waals surface area contributed by atoms with Crippen molar-refractivity contribution in [3.63, 3.8) is 0 Å². The van der Waals surface area contributed by atoms with Crippen molar-refractivity contribution in [3.8, 4) is 0 Å². The van der Waals surface area contributed by atoms with E-state index in [1.54, 1.807) is 0 Å². The van der Waals surface area contributed by atoms with Crippen molar-refractivity contribution in [1.29, 1.82) is 0 Å². The Morgan fingerprint density at radius 2 is 1.53 bits per heavy atom. The van der Waals surface area contributed by atoms with Gasteiger partial charge in [0.05, 0.1) is 18.5 Å². The third-order valence-electron chi connectivity index (χ3n) is 4.97. The van der Waals surface area contributed by atoms with Crippen LogP contribution >= 0.6 is 0 Å². The van der Waals surface area contributed by atoms with E-state index in [4.69, 9.17) is 21.7 Å². The van der Waals surface area contributed by atoms with Gasteiger partial charge in [0.15, 0.2) is 6.04 Å². The Balaban J connectivity index is 3.01. The monoisotopic (exact) mass is 513 g/mol. The van der Waals surface area contributed by atoms with Gasteiger partial charge in [-0.25, -0.2) is 9.78 Å². The smallest absolute Gasteiger partial charge is 0.328 e. The Morgan fingerprint density at radius 3 is 2.00 bits per heavy atom. The molecule has 1 heterocycles. The average Bonchev–Trinajstić information content (AvgIpc) is 3.29. The predicted octanol–water partition coefficient (Wildman–Crippen LogP) is -3.67. The van der Waals surface area contributed by atoms with E-state index in [0.29, 0.717) is 5.69 Å². The van der Waals surface area contributed by atoms with Gasteiger partial charge in [-0.15, -0.1) is 0 Å². The lowest BCUT2D eigenvalue weighted by Gasteiger charge is -2.25. The number of carbonyl (C=O) groups excluding carboxylic acids is 4. The Kier molecular flexibility index (Phi) is 12.0. The fraction of sp³-hybridized carbons (Fsp3) is 0.550. The Labute approximate surface area is 205 Å². The predicted molar refractivity (Wildman–Crippen MR) is 121 cm³/mol. The van der Waals surface area contributed by atoms with E-state index >= 15 is 0 Å². The van der Waals surface area contributed by atoms with Crippen molar-refractivity contribution in [2.24, 2.45) is 11.5 Å². The standard InChI is InChI=1S/C20H31N7O9/c1-9(28)16(20(35)36)27-19(34)13(3-5-15(30)31)26-18(33)12(2-4-14(22)29)25-17(32)11(21)6-10-7-23-8-24-10/h7-9,11-13,16,28H,2-6,21H2,1H3,(H2,22,29)(H,23,24)(H,25,32)(H,26,33)(H,27,34)(H,30,31)(H,35,36).